The van der Waals surface area contributed by atoms with E-state index in [2.05, 4.69) is 13.8 Å². The third-order valence-electron chi connectivity index (χ3n) is 9.71. The first-order chi connectivity index (χ1) is 18.8. The summed E-state index contributed by atoms with van der Waals surface area (Å²) in [5.41, 5.74) is -1.22. The third kappa shape index (κ3) is 5.00. The summed E-state index contributed by atoms with van der Waals surface area (Å²) < 4.78 is 24.2. The van der Waals surface area contributed by atoms with Gasteiger partial charge in [0.05, 0.1) is 18.9 Å². The lowest BCUT2D eigenvalue weighted by Crippen LogP contribution is -2.58. The summed E-state index contributed by atoms with van der Waals surface area (Å²) in [5, 5.41) is 0. The SMILES string of the molecule is CC(=O)O[C@@H]1[C@@H]2[C@H](OC(=O)Cc3ccccc3)[C@H](C)C[C@]2(OC(C)=O)C(=O)/C(C)=C/[C@@H]2[C@H](CC[C@]13CO3)C2(C)C. The van der Waals surface area contributed by atoms with Crippen LogP contribution in [0.5, 0.6) is 0 Å². The number of carbonyl (C=O) groups is 4. The second kappa shape index (κ2) is 10.1. The van der Waals surface area contributed by atoms with Gasteiger partial charge in [-0.25, -0.2) is 0 Å². The Kier molecular flexibility index (Phi) is 7.22. The van der Waals surface area contributed by atoms with Gasteiger partial charge in [-0.3, -0.25) is 19.2 Å². The van der Waals surface area contributed by atoms with E-state index >= 15 is 0 Å². The molecule has 1 aromatic rings. The van der Waals surface area contributed by atoms with Gasteiger partial charge in [-0.2, -0.15) is 0 Å². The smallest absolute Gasteiger partial charge is 0.310 e. The molecule has 3 fully saturated rings. The van der Waals surface area contributed by atoms with Crippen molar-refractivity contribution in [2.45, 2.75) is 90.6 Å². The maximum Gasteiger partial charge on any atom is 0.310 e. The van der Waals surface area contributed by atoms with E-state index < -0.39 is 47.2 Å². The van der Waals surface area contributed by atoms with Crippen LogP contribution in [0.2, 0.25) is 0 Å². The van der Waals surface area contributed by atoms with Crippen LogP contribution in [0.25, 0.3) is 0 Å². The number of epoxide rings is 1. The molecule has 0 aromatic heterocycles. The topological polar surface area (TPSA) is 108 Å². The molecular formula is C32H40O8. The van der Waals surface area contributed by atoms with Crippen molar-refractivity contribution in [2.24, 2.45) is 29.1 Å². The molecule has 1 heterocycles. The van der Waals surface area contributed by atoms with Gasteiger partial charge in [0.2, 0.25) is 5.78 Å². The summed E-state index contributed by atoms with van der Waals surface area (Å²) in [6, 6.07) is 9.25. The van der Waals surface area contributed by atoms with Gasteiger partial charge in [-0.05, 0) is 54.1 Å². The minimum Gasteiger partial charge on any atom is -0.461 e. The fourth-order valence-electron chi connectivity index (χ4n) is 7.55. The second-order valence-corrected chi connectivity index (χ2v) is 12.9. The van der Waals surface area contributed by atoms with Gasteiger partial charge in [-0.1, -0.05) is 57.2 Å². The second-order valence-electron chi connectivity index (χ2n) is 12.9. The van der Waals surface area contributed by atoms with Crippen LogP contribution in [0.1, 0.15) is 66.4 Å². The van der Waals surface area contributed by atoms with E-state index in [9.17, 15) is 19.2 Å². The Bertz CT molecular complexity index is 1230. The molecule has 8 nitrogen and oxygen atoms in total. The summed E-state index contributed by atoms with van der Waals surface area (Å²) in [7, 11) is 0. The molecule has 5 rings (SSSR count). The number of allylic oxidation sites excluding steroid dienone is 1. The maximum atomic E-state index is 14.5. The van der Waals surface area contributed by atoms with E-state index in [1.54, 1.807) is 6.92 Å². The molecule has 0 bridgehead atoms. The van der Waals surface area contributed by atoms with Crippen molar-refractivity contribution in [3.05, 3.63) is 47.5 Å². The molecule has 0 unspecified atom stereocenters. The molecule has 0 N–H and O–H groups in total. The van der Waals surface area contributed by atoms with Crippen molar-refractivity contribution >= 4 is 23.7 Å². The first-order valence-corrected chi connectivity index (χ1v) is 14.3. The molecule has 40 heavy (non-hydrogen) atoms. The first-order valence-electron chi connectivity index (χ1n) is 14.3. The molecule has 0 radical (unpaired) electrons. The van der Waals surface area contributed by atoms with E-state index in [0.29, 0.717) is 24.5 Å². The number of rotatable bonds is 5. The van der Waals surface area contributed by atoms with Crippen molar-refractivity contribution in [1.82, 2.24) is 0 Å². The standard InChI is InChI=1S/C32H40O8/c1-18-14-24-23(30(24,5)6)12-13-31(17-37-31)29(38-20(3)33)26-27(39-25(35)15-22-10-8-7-9-11-22)19(2)16-32(26,28(18)36)40-21(4)34/h7-11,14,19,23-24,26-27,29H,12-13,15-17H2,1-6H3/b18-14+/t19-,23+,24-,26+,27-,29-,31+,32-/m1/s1. The first kappa shape index (κ1) is 28.5. The highest BCUT2D eigenvalue weighted by Crippen LogP contribution is 2.64. The number of hydrogen-bond acceptors (Lipinski definition) is 8. The molecule has 1 saturated heterocycles. The number of ether oxygens (including phenoxy) is 4. The van der Waals surface area contributed by atoms with Crippen LogP contribution in [0.4, 0.5) is 0 Å². The Morgan fingerprint density at radius 3 is 2.33 bits per heavy atom. The average Bonchev–Trinajstić information content (AvgIpc) is 3.73. The largest absolute Gasteiger partial charge is 0.461 e. The molecule has 1 aliphatic heterocycles. The van der Waals surface area contributed by atoms with Crippen LogP contribution < -0.4 is 0 Å². The lowest BCUT2D eigenvalue weighted by atomic mass is 9.74. The molecule has 216 valence electrons. The number of carbonyl (C=O) groups excluding carboxylic acids is 4. The minimum atomic E-state index is -1.68. The number of hydrogen-bond donors (Lipinski definition) is 0. The van der Waals surface area contributed by atoms with Crippen molar-refractivity contribution in [1.29, 1.82) is 0 Å². The van der Waals surface area contributed by atoms with Crippen LogP contribution in [-0.2, 0) is 44.5 Å². The number of benzene rings is 1. The summed E-state index contributed by atoms with van der Waals surface area (Å²) >= 11 is 0. The Morgan fingerprint density at radius 2 is 1.73 bits per heavy atom. The van der Waals surface area contributed by atoms with Gasteiger partial charge in [0, 0.05) is 20.3 Å². The Labute approximate surface area is 235 Å². The van der Waals surface area contributed by atoms with Crippen molar-refractivity contribution in [3.8, 4) is 0 Å². The zero-order chi connectivity index (χ0) is 29.0. The number of ketones is 1. The molecular weight excluding hydrogens is 512 g/mol. The highest BCUT2D eigenvalue weighted by atomic mass is 16.6. The molecule has 4 aliphatic rings. The molecule has 1 spiro atoms. The Balaban J connectivity index is 1.61. The van der Waals surface area contributed by atoms with Gasteiger partial charge in [0.15, 0.2) is 5.60 Å². The lowest BCUT2D eigenvalue weighted by molar-refractivity contribution is -0.190. The van der Waals surface area contributed by atoms with Crippen molar-refractivity contribution < 1.29 is 38.1 Å². The summed E-state index contributed by atoms with van der Waals surface area (Å²) in [4.78, 5) is 52.9. The highest BCUT2D eigenvalue weighted by Gasteiger charge is 2.71. The fourth-order valence-corrected chi connectivity index (χ4v) is 7.55. The number of esters is 3. The van der Waals surface area contributed by atoms with Gasteiger partial charge in [0.1, 0.15) is 17.8 Å². The van der Waals surface area contributed by atoms with Crippen molar-refractivity contribution in [3.63, 3.8) is 0 Å². The fraction of sp³-hybridized carbons (Fsp3) is 0.625. The molecule has 8 heteroatoms. The third-order valence-corrected chi connectivity index (χ3v) is 9.71. The Morgan fingerprint density at radius 1 is 1.05 bits per heavy atom. The van der Waals surface area contributed by atoms with E-state index in [4.69, 9.17) is 18.9 Å². The highest BCUT2D eigenvalue weighted by molar-refractivity contribution is 6.03. The summed E-state index contributed by atoms with van der Waals surface area (Å²) in [5.74, 6) is -2.72. The normalized spacial score (nSPS) is 39.0. The quantitative estimate of drug-likeness (QED) is 0.301. The van der Waals surface area contributed by atoms with E-state index in [1.807, 2.05) is 43.3 Å². The van der Waals surface area contributed by atoms with E-state index in [-0.39, 0.29) is 35.9 Å². The molecule has 1 aromatic carbocycles. The van der Waals surface area contributed by atoms with Crippen LogP contribution in [0.3, 0.4) is 0 Å². The zero-order valence-electron chi connectivity index (χ0n) is 24.2. The van der Waals surface area contributed by atoms with Crippen molar-refractivity contribution in [2.75, 3.05) is 6.61 Å². The summed E-state index contributed by atoms with van der Waals surface area (Å²) in [6.07, 6.45) is 1.85. The van der Waals surface area contributed by atoms with Gasteiger partial charge >= 0.3 is 17.9 Å². The maximum absolute atomic E-state index is 14.5. The predicted molar refractivity (Wildman–Crippen MR) is 145 cm³/mol. The van der Waals surface area contributed by atoms with Gasteiger partial charge in [0.25, 0.3) is 0 Å². The number of fused-ring (bicyclic) bond motifs is 2. The number of Topliss-reactive ketones (excluding diaryl/α,β-unsaturated/α-hetero) is 1. The minimum absolute atomic E-state index is 0.0141. The molecule has 3 aliphatic carbocycles. The molecule has 8 atom stereocenters. The van der Waals surface area contributed by atoms with Crippen LogP contribution in [0, 0.1) is 29.1 Å². The summed E-state index contributed by atoms with van der Waals surface area (Å²) in [6.45, 7) is 11.0. The van der Waals surface area contributed by atoms with Gasteiger partial charge < -0.3 is 18.9 Å². The van der Waals surface area contributed by atoms with Crippen LogP contribution >= 0.6 is 0 Å². The van der Waals surface area contributed by atoms with E-state index in [0.717, 1.165) is 12.0 Å². The van der Waals surface area contributed by atoms with Crippen LogP contribution in [-0.4, -0.2) is 53.7 Å². The zero-order valence-corrected chi connectivity index (χ0v) is 24.2. The lowest BCUT2D eigenvalue weighted by Gasteiger charge is -2.41. The van der Waals surface area contributed by atoms with E-state index in [1.165, 1.54) is 13.8 Å². The predicted octanol–water partition coefficient (Wildman–Crippen LogP) is 4.38. The average molecular weight is 553 g/mol. The Hall–Kier alpha value is -3.00. The molecule has 2 saturated carbocycles. The monoisotopic (exact) mass is 552 g/mol. The molecule has 0 amide bonds. The van der Waals surface area contributed by atoms with Crippen LogP contribution in [0.15, 0.2) is 42.0 Å². The van der Waals surface area contributed by atoms with Gasteiger partial charge in [-0.15, -0.1) is 0 Å².